The molecule has 0 fully saturated rings. The molecule has 26 heavy (non-hydrogen) atoms. The zero-order chi connectivity index (χ0) is 18.4. The number of nitrogens with one attached hydrogen (secondary N) is 2. The smallest absolute Gasteiger partial charge is 0.239 e. The van der Waals surface area contributed by atoms with E-state index in [1.54, 1.807) is 17.4 Å². The monoisotopic (exact) mass is 369 g/mol. The minimum absolute atomic E-state index is 0.0650. The van der Waals surface area contributed by atoms with Gasteiger partial charge in [0.1, 0.15) is 11.5 Å². The molecular formula is C19H19N3O3S. The highest BCUT2D eigenvalue weighted by Gasteiger charge is 2.10. The van der Waals surface area contributed by atoms with Crippen molar-refractivity contribution < 1.29 is 14.0 Å². The molecule has 3 rings (SSSR count). The number of carbonyl (C=O) groups excluding carboxylic acids is 2. The summed E-state index contributed by atoms with van der Waals surface area (Å²) in [4.78, 5) is 28.1. The maximum Gasteiger partial charge on any atom is 0.239 e. The molecule has 0 bridgehead atoms. The molecule has 0 unspecified atom stereocenters. The van der Waals surface area contributed by atoms with Crippen molar-refractivity contribution in [2.75, 3.05) is 6.54 Å². The van der Waals surface area contributed by atoms with Crippen LogP contribution in [0.4, 0.5) is 0 Å². The number of thiazole rings is 1. The second-order valence-corrected chi connectivity index (χ2v) is 6.80. The van der Waals surface area contributed by atoms with Gasteiger partial charge in [-0.3, -0.25) is 9.59 Å². The number of nitrogens with zero attached hydrogens (tertiary/aromatic N) is 1. The van der Waals surface area contributed by atoms with Gasteiger partial charge in [0, 0.05) is 5.38 Å². The average Bonchev–Trinajstić information content (AvgIpc) is 3.28. The van der Waals surface area contributed by atoms with Crippen LogP contribution in [-0.2, 0) is 22.6 Å². The van der Waals surface area contributed by atoms with E-state index >= 15 is 0 Å². The summed E-state index contributed by atoms with van der Waals surface area (Å²) >= 11 is 1.56. The van der Waals surface area contributed by atoms with Crippen molar-refractivity contribution in [1.29, 1.82) is 0 Å². The molecule has 0 spiro atoms. The molecule has 0 saturated carbocycles. The fourth-order valence-electron chi connectivity index (χ4n) is 2.36. The predicted octanol–water partition coefficient (Wildman–Crippen LogP) is 2.69. The van der Waals surface area contributed by atoms with E-state index in [0.29, 0.717) is 11.5 Å². The number of aryl methyl sites for hydroxylation is 1. The van der Waals surface area contributed by atoms with Crippen LogP contribution in [0.1, 0.15) is 16.3 Å². The zero-order valence-corrected chi connectivity index (χ0v) is 15.1. The fourth-order valence-corrected chi connectivity index (χ4v) is 2.96. The van der Waals surface area contributed by atoms with Crippen LogP contribution in [0.15, 0.2) is 52.3 Å². The third kappa shape index (κ3) is 5.03. The summed E-state index contributed by atoms with van der Waals surface area (Å²) < 4.78 is 5.68. The van der Waals surface area contributed by atoms with Gasteiger partial charge in [0.05, 0.1) is 24.5 Å². The van der Waals surface area contributed by atoms with E-state index in [1.165, 1.54) is 0 Å². The standard InChI is InChI=1S/C19H19N3O3S/c1-13-22-16(12-26-13)17-8-7-15(25-17)10-20-19(24)11-21-18(23)9-14-5-3-2-4-6-14/h2-8,12H,9-11H2,1H3,(H,20,24)(H,21,23). The van der Waals surface area contributed by atoms with Gasteiger partial charge in [0.25, 0.3) is 0 Å². The SMILES string of the molecule is Cc1nc(-c2ccc(CNC(=O)CNC(=O)Cc3ccccc3)o2)cs1. The second kappa shape index (κ2) is 8.44. The predicted molar refractivity (Wildman–Crippen MR) is 99.6 cm³/mol. The number of furan rings is 1. The van der Waals surface area contributed by atoms with Crippen LogP contribution in [0.25, 0.3) is 11.5 Å². The molecule has 2 heterocycles. The zero-order valence-electron chi connectivity index (χ0n) is 14.3. The summed E-state index contributed by atoms with van der Waals surface area (Å²) in [5, 5.41) is 8.23. The topological polar surface area (TPSA) is 84.2 Å². The molecule has 1 aromatic carbocycles. The Labute approximate surface area is 155 Å². The van der Waals surface area contributed by atoms with E-state index in [1.807, 2.05) is 48.7 Å². The van der Waals surface area contributed by atoms with Gasteiger partial charge in [-0.2, -0.15) is 0 Å². The Bertz CT molecular complexity index is 886. The molecule has 6 nitrogen and oxygen atoms in total. The summed E-state index contributed by atoms with van der Waals surface area (Å²) in [7, 11) is 0. The van der Waals surface area contributed by atoms with Crippen molar-refractivity contribution in [3.8, 4) is 11.5 Å². The van der Waals surface area contributed by atoms with Crippen molar-refractivity contribution in [2.24, 2.45) is 0 Å². The maximum absolute atomic E-state index is 11.9. The van der Waals surface area contributed by atoms with Crippen molar-refractivity contribution in [3.63, 3.8) is 0 Å². The molecule has 0 aliphatic rings. The molecule has 0 saturated heterocycles. The lowest BCUT2D eigenvalue weighted by atomic mass is 10.1. The first-order chi connectivity index (χ1) is 12.6. The molecule has 0 aliphatic carbocycles. The Morgan fingerprint density at radius 3 is 2.62 bits per heavy atom. The number of amides is 2. The molecule has 2 N–H and O–H groups in total. The van der Waals surface area contributed by atoms with Crippen LogP contribution in [0.3, 0.4) is 0 Å². The molecule has 2 aromatic heterocycles. The number of carbonyl (C=O) groups is 2. The lowest BCUT2D eigenvalue weighted by Crippen LogP contribution is -2.37. The molecule has 0 atom stereocenters. The summed E-state index contributed by atoms with van der Waals surface area (Å²) in [5.74, 6) is 0.851. The van der Waals surface area contributed by atoms with E-state index in [0.717, 1.165) is 16.3 Å². The Kier molecular flexibility index (Phi) is 5.80. The lowest BCUT2D eigenvalue weighted by molar-refractivity contribution is -0.125. The first kappa shape index (κ1) is 17.9. The van der Waals surface area contributed by atoms with Gasteiger partial charge < -0.3 is 15.1 Å². The van der Waals surface area contributed by atoms with Crippen molar-refractivity contribution in [2.45, 2.75) is 19.9 Å². The largest absolute Gasteiger partial charge is 0.458 e. The average molecular weight is 369 g/mol. The van der Waals surface area contributed by atoms with Gasteiger partial charge in [-0.05, 0) is 24.6 Å². The first-order valence-electron chi connectivity index (χ1n) is 8.18. The Morgan fingerprint density at radius 2 is 1.88 bits per heavy atom. The van der Waals surface area contributed by atoms with Crippen LogP contribution in [0, 0.1) is 6.92 Å². The van der Waals surface area contributed by atoms with Gasteiger partial charge in [-0.15, -0.1) is 11.3 Å². The van der Waals surface area contributed by atoms with Gasteiger partial charge in [0.15, 0.2) is 5.76 Å². The Balaban J connectivity index is 1.41. The van der Waals surface area contributed by atoms with E-state index in [4.69, 9.17) is 4.42 Å². The van der Waals surface area contributed by atoms with Crippen molar-refractivity contribution >= 4 is 23.2 Å². The summed E-state index contributed by atoms with van der Waals surface area (Å²) in [5.41, 5.74) is 1.70. The summed E-state index contributed by atoms with van der Waals surface area (Å²) in [6.45, 7) is 2.13. The van der Waals surface area contributed by atoms with Gasteiger partial charge in [-0.25, -0.2) is 4.98 Å². The quantitative estimate of drug-likeness (QED) is 0.671. The van der Waals surface area contributed by atoms with Crippen molar-refractivity contribution in [3.05, 3.63) is 64.2 Å². The molecule has 0 radical (unpaired) electrons. The Hall–Kier alpha value is -2.93. The van der Waals surface area contributed by atoms with Crippen molar-refractivity contribution in [1.82, 2.24) is 15.6 Å². The van der Waals surface area contributed by atoms with E-state index in [9.17, 15) is 9.59 Å². The minimum Gasteiger partial charge on any atom is -0.458 e. The molecule has 3 aromatic rings. The number of hydrogen-bond acceptors (Lipinski definition) is 5. The minimum atomic E-state index is -0.270. The highest BCUT2D eigenvalue weighted by atomic mass is 32.1. The number of aromatic nitrogens is 1. The molecule has 2 amide bonds. The fraction of sp³-hybridized carbons (Fsp3) is 0.211. The number of rotatable bonds is 7. The number of benzene rings is 1. The highest BCUT2D eigenvalue weighted by molar-refractivity contribution is 7.09. The molecule has 0 aliphatic heterocycles. The second-order valence-electron chi connectivity index (χ2n) is 5.73. The molecular weight excluding hydrogens is 350 g/mol. The molecule has 134 valence electrons. The van der Waals surface area contributed by atoms with Crippen LogP contribution >= 0.6 is 11.3 Å². The van der Waals surface area contributed by atoms with Crippen LogP contribution in [0.5, 0.6) is 0 Å². The van der Waals surface area contributed by atoms with E-state index < -0.39 is 0 Å². The summed E-state index contributed by atoms with van der Waals surface area (Å²) in [6, 6.07) is 13.0. The van der Waals surface area contributed by atoms with Crippen LogP contribution in [-0.4, -0.2) is 23.3 Å². The van der Waals surface area contributed by atoms with Crippen LogP contribution in [0.2, 0.25) is 0 Å². The van der Waals surface area contributed by atoms with Gasteiger partial charge in [-0.1, -0.05) is 30.3 Å². The number of hydrogen-bond donors (Lipinski definition) is 2. The lowest BCUT2D eigenvalue weighted by Gasteiger charge is -2.06. The molecule has 7 heteroatoms. The normalized spacial score (nSPS) is 10.5. The van der Waals surface area contributed by atoms with Gasteiger partial charge >= 0.3 is 0 Å². The summed E-state index contributed by atoms with van der Waals surface area (Å²) in [6.07, 6.45) is 0.253. The third-order valence-corrected chi connectivity index (χ3v) is 4.42. The maximum atomic E-state index is 11.9. The Morgan fingerprint density at radius 1 is 1.08 bits per heavy atom. The van der Waals surface area contributed by atoms with E-state index in [2.05, 4.69) is 15.6 Å². The van der Waals surface area contributed by atoms with Crippen LogP contribution < -0.4 is 10.6 Å². The van der Waals surface area contributed by atoms with E-state index in [-0.39, 0.29) is 31.3 Å². The highest BCUT2D eigenvalue weighted by Crippen LogP contribution is 2.23. The van der Waals surface area contributed by atoms with Gasteiger partial charge in [0.2, 0.25) is 11.8 Å². The first-order valence-corrected chi connectivity index (χ1v) is 9.06. The third-order valence-electron chi connectivity index (χ3n) is 3.65.